The Morgan fingerprint density at radius 2 is 2.30 bits per heavy atom. The van der Waals surface area contributed by atoms with E-state index in [1.165, 1.54) is 17.4 Å². The number of benzene rings is 1. The Kier molecular flexibility index (Phi) is 4.68. The summed E-state index contributed by atoms with van der Waals surface area (Å²) in [6, 6.07) is 5.04. The molecule has 20 heavy (non-hydrogen) atoms. The molecule has 2 rings (SSSR count). The highest BCUT2D eigenvalue weighted by Crippen LogP contribution is 2.33. The van der Waals surface area contributed by atoms with Crippen molar-refractivity contribution in [3.8, 4) is 17.0 Å². The van der Waals surface area contributed by atoms with E-state index in [9.17, 15) is 8.78 Å². The van der Waals surface area contributed by atoms with E-state index in [1.54, 1.807) is 23.6 Å². The number of anilines is 1. The molecule has 0 spiro atoms. The van der Waals surface area contributed by atoms with Gasteiger partial charge in [0.05, 0.1) is 5.69 Å². The second-order valence-corrected chi connectivity index (χ2v) is 4.94. The summed E-state index contributed by atoms with van der Waals surface area (Å²) in [5.74, 6) is 0.131. The topological polar surface area (TPSA) is 34.2 Å². The van der Waals surface area contributed by atoms with Crippen LogP contribution in [-0.4, -0.2) is 18.1 Å². The van der Waals surface area contributed by atoms with E-state index in [0.29, 0.717) is 22.9 Å². The molecule has 106 valence electrons. The number of thiazole rings is 1. The van der Waals surface area contributed by atoms with Crippen molar-refractivity contribution in [2.24, 2.45) is 0 Å². The zero-order chi connectivity index (χ0) is 14.5. The zero-order valence-electron chi connectivity index (χ0n) is 10.9. The van der Waals surface area contributed by atoms with Crippen molar-refractivity contribution in [1.82, 2.24) is 4.98 Å². The molecule has 6 heteroatoms. The fourth-order valence-corrected chi connectivity index (χ4v) is 2.40. The Hall–Kier alpha value is -1.95. The maximum absolute atomic E-state index is 12.4. The second-order valence-electron chi connectivity index (χ2n) is 4.09. The van der Waals surface area contributed by atoms with Crippen LogP contribution in [0.25, 0.3) is 11.3 Å². The summed E-state index contributed by atoms with van der Waals surface area (Å²) in [4.78, 5) is 4.36. The molecule has 0 unspecified atom stereocenters. The molecule has 0 aliphatic carbocycles. The molecular weight excluding hydrogens is 282 g/mol. The summed E-state index contributed by atoms with van der Waals surface area (Å²) in [5, 5.41) is 5.58. The Morgan fingerprint density at radius 3 is 3.00 bits per heavy atom. The number of alkyl halides is 2. The van der Waals surface area contributed by atoms with Crippen LogP contribution in [0, 0.1) is 6.92 Å². The first-order chi connectivity index (χ1) is 9.60. The monoisotopic (exact) mass is 296 g/mol. The third kappa shape index (κ3) is 3.54. The average molecular weight is 296 g/mol. The van der Waals surface area contributed by atoms with Gasteiger partial charge in [-0.15, -0.1) is 17.9 Å². The van der Waals surface area contributed by atoms with Crippen LogP contribution in [0.1, 0.15) is 5.56 Å². The third-order valence-electron chi connectivity index (χ3n) is 2.53. The van der Waals surface area contributed by atoms with Crippen LogP contribution in [0.5, 0.6) is 5.75 Å². The van der Waals surface area contributed by atoms with E-state index in [1.807, 2.05) is 6.92 Å². The molecule has 3 nitrogen and oxygen atoms in total. The van der Waals surface area contributed by atoms with Crippen molar-refractivity contribution < 1.29 is 13.5 Å². The maximum Gasteiger partial charge on any atom is 0.387 e. The van der Waals surface area contributed by atoms with Gasteiger partial charge in [-0.3, -0.25) is 0 Å². The lowest BCUT2D eigenvalue weighted by Crippen LogP contribution is -2.03. The number of halogens is 2. The standard InChI is InChI=1S/C14H14F2N2OS/c1-3-6-17-14-18-11(8-20-14)10-7-9(2)4-5-12(10)19-13(15)16/h3-5,7-8,13H,1,6H2,2H3,(H,17,18). The highest BCUT2D eigenvalue weighted by molar-refractivity contribution is 7.14. The van der Waals surface area contributed by atoms with Gasteiger partial charge < -0.3 is 10.1 Å². The van der Waals surface area contributed by atoms with Crippen LogP contribution < -0.4 is 10.1 Å². The Morgan fingerprint density at radius 1 is 1.50 bits per heavy atom. The van der Waals surface area contributed by atoms with E-state index in [-0.39, 0.29) is 5.75 Å². The van der Waals surface area contributed by atoms with Gasteiger partial charge in [-0.25, -0.2) is 4.98 Å². The Balaban J connectivity index is 2.32. The minimum absolute atomic E-state index is 0.131. The van der Waals surface area contributed by atoms with Gasteiger partial charge in [0.2, 0.25) is 0 Å². The van der Waals surface area contributed by atoms with Crippen LogP contribution >= 0.6 is 11.3 Å². The third-order valence-corrected chi connectivity index (χ3v) is 3.33. The molecular formula is C14H14F2N2OS. The molecule has 0 amide bonds. The summed E-state index contributed by atoms with van der Waals surface area (Å²) in [6.45, 7) is 3.24. The molecule has 0 saturated carbocycles. The first kappa shape index (κ1) is 14.5. The minimum atomic E-state index is -2.85. The van der Waals surface area contributed by atoms with Crippen LogP contribution in [0.2, 0.25) is 0 Å². The van der Waals surface area contributed by atoms with E-state index in [4.69, 9.17) is 0 Å². The lowest BCUT2D eigenvalue weighted by molar-refractivity contribution is -0.0494. The number of nitrogens with one attached hydrogen (secondary N) is 1. The van der Waals surface area contributed by atoms with Gasteiger partial charge in [0, 0.05) is 17.5 Å². The molecule has 0 bridgehead atoms. The molecule has 1 aromatic heterocycles. The molecule has 0 fully saturated rings. The Labute approximate surface area is 119 Å². The van der Waals surface area contributed by atoms with Gasteiger partial charge in [-0.1, -0.05) is 17.7 Å². The van der Waals surface area contributed by atoms with Crippen molar-refractivity contribution in [3.63, 3.8) is 0 Å². The minimum Gasteiger partial charge on any atom is -0.434 e. The quantitative estimate of drug-likeness (QED) is 0.806. The maximum atomic E-state index is 12.4. The number of rotatable bonds is 6. The molecule has 0 radical (unpaired) electrons. The smallest absolute Gasteiger partial charge is 0.387 e. The van der Waals surface area contributed by atoms with E-state index < -0.39 is 6.61 Å². The first-order valence-electron chi connectivity index (χ1n) is 5.96. The molecule has 1 heterocycles. The van der Waals surface area contributed by atoms with Crippen molar-refractivity contribution in [2.75, 3.05) is 11.9 Å². The number of aryl methyl sites for hydroxylation is 1. The summed E-state index contributed by atoms with van der Waals surface area (Å²) in [7, 11) is 0. The summed E-state index contributed by atoms with van der Waals surface area (Å²) < 4.78 is 29.4. The fourth-order valence-electron chi connectivity index (χ4n) is 1.68. The number of ether oxygens (including phenoxy) is 1. The van der Waals surface area contributed by atoms with Crippen molar-refractivity contribution in [2.45, 2.75) is 13.5 Å². The van der Waals surface area contributed by atoms with Crippen molar-refractivity contribution in [1.29, 1.82) is 0 Å². The summed E-state index contributed by atoms with van der Waals surface area (Å²) in [6.07, 6.45) is 1.72. The number of nitrogens with zero attached hydrogens (tertiary/aromatic N) is 1. The first-order valence-corrected chi connectivity index (χ1v) is 6.84. The normalized spacial score (nSPS) is 10.6. The predicted molar refractivity (Wildman–Crippen MR) is 77.6 cm³/mol. The van der Waals surface area contributed by atoms with Gasteiger partial charge >= 0.3 is 6.61 Å². The highest BCUT2D eigenvalue weighted by Gasteiger charge is 2.14. The number of aromatic nitrogens is 1. The van der Waals surface area contributed by atoms with E-state index in [2.05, 4.69) is 21.6 Å². The molecule has 0 aliphatic rings. The summed E-state index contributed by atoms with van der Waals surface area (Å²) >= 11 is 1.40. The van der Waals surface area contributed by atoms with Gasteiger partial charge in [-0.05, 0) is 19.1 Å². The molecule has 1 N–H and O–H groups in total. The summed E-state index contributed by atoms with van der Waals surface area (Å²) in [5.41, 5.74) is 2.13. The molecule has 2 aromatic rings. The lowest BCUT2D eigenvalue weighted by atomic mass is 10.1. The van der Waals surface area contributed by atoms with Crippen LogP contribution in [0.4, 0.5) is 13.9 Å². The van der Waals surface area contributed by atoms with Gasteiger partial charge in [0.15, 0.2) is 5.13 Å². The second kappa shape index (κ2) is 6.47. The fraction of sp³-hybridized carbons (Fsp3) is 0.214. The predicted octanol–water partition coefficient (Wildman–Crippen LogP) is 4.32. The van der Waals surface area contributed by atoms with Gasteiger partial charge in [-0.2, -0.15) is 8.78 Å². The molecule has 0 saturated heterocycles. The van der Waals surface area contributed by atoms with Crippen molar-refractivity contribution in [3.05, 3.63) is 41.8 Å². The largest absolute Gasteiger partial charge is 0.434 e. The van der Waals surface area contributed by atoms with E-state index in [0.717, 1.165) is 5.56 Å². The van der Waals surface area contributed by atoms with Crippen LogP contribution in [0.15, 0.2) is 36.2 Å². The number of hydrogen-bond donors (Lipinski definition) is 1. The van der Waals surface area contributed by atoms with Gasteiger partial charge in [0.1, 0.15) is 5.75 Å². The van der Waals surface area contributed by atoms with E-state index >= 15 is 0 Å². The highest BCUT2D eigenvalue weighted by atomic mass is 32.1. The molecule has 0 aliphatic heterocycles. The van der Waals surface area contributed by atoms with Gasteiger partial charge in [0.25, 0.3) is 0 Å². The lowest BCUT2D eigenvalue weighted by Gasteiger charge is -2.09. The average Bonchev–Trinajstić information content (AvgIpc) is 2.86. The van der Waals surface area contributed by atoms with Crippen LogP contribution in [0.3, 0.4) is 0 Å². The Bertz CT molecular complexity index is 599. The SMILES string of the molecule is C=CCNc1nc(-c2cc(C)ccc2OC(F)F)cs1. The number of hydrogen-bond acceptors (Lipinski definition) is 4. The van der Waals surface area contributed by atoms with Crippen LogP contribution in [-0.2, 0) is 0 Å². The zero-order valence-corrected chi connectivity index (χ0v) is 11.7. The molecule has 1 aromatic carbocycles. The van der Waals surface area contributed by atoms with Crippen molar-refractivity contribution >= 4 is 16.5 Å². The molecule has 0 atom stereocenters.